The molecule has 0 spiro atoms. The summed E-state index contributed by atoms with van der Waals surface area (Å²) < 4.78 is 12.8. The predicted molar refractivity (Wildman–Crippen MR) is 64.3 cm³/mol. The number of benzene rings is 1. The van der Waals surface area contributed by atoms with Crippen LogP contribution in [0.5, 0.6) is 0 Å². The first kappa shape index (κ1) is 11.3. The normalized spacial score (nSPS) is 12.8. The quantitative estimate of drug-likeness (QED) is 0.845. The summed E-state index contributed by atoms with van der Waals surface area (Å²) in [6.45, 7) is 3.99. The number of aliphatic hydroxyl groups excluding tert-OH is 1. The van der Waals surface area contributed by atoms with E-state index in [9.17, 15) is 9.50 Å². The van der Waals surface area contributed by atoms with Gasteiger partial charge < -0.3 is 5.11 Å². The van der Waals surface area contributed by atoms with Gasteiger partial charge in [0.2, 0.25) is 0 Å². The Morgan fingerprint density at radius 1 is 1.19 bits per heavy atom. The van der Waals surface area contributed by atoms with Crippen LogP contribution in [0.2, 0.25) is 0 Å². The molecule has 3 heteroatoms. The Kier molecular flexibility index (Phi) is 3.08. The van der Waals surface area contributed by atoms with Gasteiger partial charge in [0.15, 0.2) is 0 Å². The molecule has 1 aromatic carbocycles. The third kappa shape index (κ3) is 2.15. The first-order valence-electron chi connectivity index (χ1n) is 5.08. The van der Waals surface area contributed by atoms with E-state index in [1.165, 1.54) is 17.0 Å². The van der Waals surface area contributed by atoms with Crippen molar-refractivity contribution in [2.45, 2.75) is 20.0 Å². The highest BCUT2D eigenvalue weighted by atomic mass is 32.1. The Morgan fingerprint density at radius 3 is 2.31 bits per heavy atom. The average molecular weight is 236 g/mol. The van der Waals surface area contributed by atoms with Gasteiger partial charge in [-0.3, -0.25) is 0 Å². The van der Waals surface area contributed by atoms with Crippen molar-refractivity contribution in [3.8, 4) is 0 Å². The lowest BCUT2D eigenvalue weighted by atomic mass is 10.1. The molecular weight excluding hydrogens is 223 g/mol. The van der Waals surface area contributed by atoms with Gasteiger partial charge in [0, 0.05) is 9.75 Å². The highest BCUT2D eigenvalue weighted by molar-refractivity contribution is 7.12. The van der Waals surface area contributed by atoms with Crippen LogP contribution >= 0.6 is 11.3 Å². The maximum absolute atomic E-state index is 12.8. The van der Waals surface area contributed by atoms with Crippen molar-refractivity contribution in [1.29, 1.82) is 0 Å². The van der Waals surface area contributed by atoms with Crippen molar-refractivity contribution in [2.75, 3.05) is 0 Å². The van der Waals surface area contributed by atoms with Gasteiger partial charge in [-0.15, -0.1) is 11.3 Å². The summed E-state index contributed by atoms with van der Waals surface area (Å²) in [6, 6.07) is 8.03. The van der Waals surface area contributed by atoms with Gasteiger partial charge in [-0.05, 0) is 43.2 Å². The molecular formula is C13H13FOS. The minimum Gasteiger partial charge on any atom is -0.383 e. The summed E-state index contributed by atoms with van der Waals surface area (Å²) in [5.74, 6) is -0.282. The van der Waals surface area contributed by atoms with E-state index in [1.54, 1.807) is 23.5 Å². The SMILES string of the molecule is Cc1cc(C)c(C(O)c2ccc(F)cc2)s1. The zero-order valence-electron chi connectivity index (χ0n) is 9.20. The molecule has 1 heterocycles. The fourth-order valence-electron chi connectivity index (χ4n) is 1.73. The number of thiophene rings is 1. The molecule has 2 rings (SSSR count). The molecule has 1 nitrogen and oxygen atoms in total. The second-order valence-corrected chi connectivity index (χ2v) is 5.15. The molecule has 0 bridgehead atoms. The number of halogens is 1. The second-order valence-electron chi connectivity index (χ2n) is 3.86. The average Bonchev–Trinajstić information content (AvgIpc) is 2.58. The van der Waals surface area contributed by atoms with Crippen molar-refractivity contribution in [3.63, 3.8) is 0 Å². The molecule has 0 fully saturated rings. The highest BCUT2D eigenvalue weighted by Crippen LogP contribution is 2.31. The van der Waals surface area contributed by atoms with Crippen LogP contribution in [-0.2, 0) is 0 Å². The molecule has 2 aromatic rings. The highest BCUT2D eigenvalue weighted by Gasteiger charge is 2.15. The maximum Gasteiger partial charge on any atom is 0.123 e. The Balaban J connectivity index is 2.35. The molecule has 0 aliphatic carbocycles. The molecule has 0 saturated heterocycles. The topological polar surface area (TPSA) is 20.2 Å². The zero-order chi connectivity index (χ0) is 11.7. The van der Waals surface area contributed by atoms with Crippen molar-refractivity contribution in [3.05, 3.63) is 57.0 Å². The summed E-state index contributed by atoms with van der Waals surface area (Å²) in [4.78, 5) is 2.11. The van der Waals surface area contributed by atoms with Gasteiger partial charge in [0.25, 0.3) is 0 Å². The third-order valence-electron chi connectivity index (χ3n) is 2.51. The van der Waals surface area contributed by atoms with E-state index >= 15 is 0 Å². The fraction of sp³-hybridized carbons (Fsp3) is 0.231. The van der Waals surface area contributed by atoms with Crippen LogP contribution in [0.4, 0.5) is 4.39 Å². The van der Waals surface area contributed by atoms with E-state index in [4.69, 9.17) is 0 Å². The van der Waals surface area contributed by atoms with Gasteiger partial charge in [0.05, 0.1) is 0 Å². The molecule has 1 unspecified atom stereocenters. The lowest BCUT2D eigenvalue weighted by Gasteiger charge is -2.10. The summed E-state index contributed by atoms with van der Waals surface area (Å²) in [5, 5.41) is 10.2. The zero-order valence-corrected chi connectivity index (χ0v) is 10.0. The van der Waals surface area contributed by atoms with E-state index < -0.39 is 6.10 Å². The molecule has 1 N–H and O–H groups in total. The smallest absolute Gasteiger partial charge is 0.123 e. The van der Waals surface area contributed by atoms with Crippen molar-refractivity contribution in [1.82, 2.24) is 0 Å². The molecule has 16 heavy (non-hydrogen) atoms. The Hall–Kier alpha value is -1.19. The lowest BCUT2D eigenvalue weighted by Crippen LogP contribution is -1.98. The minimum atomic E-state index is -0.653. The van der Waals surface area contributed by atoms with Crippen LogP contribution in [0.15, 0.2) is 30.3 Å². The van der Waals surface area contributed by atoms with E-state index in [1.807, 2.05) is 19.9 Å². The van der Waals surface area contributed by atoms with E-state index in [-0.39, 0.29) is 5.82 Å². The molecule has 1 atom stereocenters. The maximum atomic E-state index is 12.8. The summed E-state index contributed by atoms with van der Waals surface area (Å²) in [6.07, 6.45) is -0.653. The Morgan fingerprint density at radius 2 is 1.81 bits per heavy atom. The fourth-order valence-corrected chi connectivity index (χ4v) is 2.78. The van der Waals surface area contributed by atoms with Crippen LogP contribution < -0.4 is 0 Å². The van der Waals surface area contributed by atoms with E-state index in [0.29, 0.717) is 0 Å². The van der Waals surface area contributed by atoms with Gasteiger partial charge in [-0.1, -0.05) is 12.1 Å². The summed E-state index contributed by atoms with van der Waals surface area (Å²) in [5.41, 5.74) is 1.81. The lowest BCUT2D eigenvalue weighted by molar-refractivity contribution is 0.223. The Labute approximate surface area is 98.2 Å². The summed E-state index contributed by atoms with van der Waals surface area (Å²) >= 11 is 1.58. The predicted octanol–water partition coefficient (Wildman–Crippen LogP) is 3.59. The van der Waals surface area contributed by atoms with Gasteiger partial charge in [-0.2, -0.15) is 0 Å². The van der Waals surface area contributed by atoms with Crippen LogP contribution in [0.25, 0.3) is 0 Å². The number of aliphatic hydroxyl groups is 1. The molecule has 0 saturated carbocycles. The molecule has 0 radical (unpaired) electrons. The summed E-state index contributed by atoms with van der Waals surface area (Å²) in [7, 11) is 0. The Bertz CT molecular complexity index is 487. The van der Waals surface area contributed by atoms with Gasteiger partial charge >= 0.3 is 0 Å². The first-order chi connectivity index (χ1) is 7.58. The second kappa shape index (κ2) is 4.36. The van der Waals surface area contributed by atoms with Crippen LogP contribution in [0.3, 0.4) is 0 Å². The van der Waals surface area contributed by atoms with Crippen molar-refractivity contribution < 1.29 is 9.50 Å². The monoisotopic (exact) mass is 236 g/mol. The molecule has 0 amide bonds. The van der Waals surface area contributed by atoms with Crippen LogP contribution in [-0.4, -0.2) is 5.11 Å². The number of hydrogen-bond donors (Lipinski definition) is 1. The van der Waals surface area contributed by atoms with Crippen molar-refractivity contribution in [2.24, 2.45) is 0 Å². The molecule has 1 aromatic heterocycles. The van der Waals surface area contributed by atoms with E-state index in [2.05, 4.69) is 0 Å². The van der Waals surface area contributed by atoms with E-state index in [0.717, 1.165) is 16.0 Å². The largest absolute Gasteiger partial charge is 0.383 e. The van der Waals surface area contributed by atoms with Gasteiger partial charge in [0.1, 0.15) is 11.9 Å². The van der Waals surface area contributed by atoms with Gasteiger partial charge in [-0.25, -0.2) is 4.39 Å². The molecule has 84 valence electrons. The number of rotatable bonds is 2. The minimum absolute atomic E-state index is 0.282. The standard InChI is InChI=1S/C13H13FOS/c1-8-7-9(2)16-13(8)12(15)10-3-5-11(14)6-4-10/h3-7,12,15H,1-2H3. The number of aryl methyl sites for hydroxylation is 2. The number of hydrogen-bond acceptors (Lipinski definition) is 2. The molecule has 0 aliphatic rings. The first-order valence-corrected chi connectivity index (χ1v) is 5.90. The van der Waals surface area contributed by atoms with Crippen LogP contribution in [0.1, 0.15) is 27.0 Å². The van der Waals surface area contributed by atoms with Crippen molar-refractivity contribution >= 4 is 11.3 Å². The molecule has 0 aliphatic heterocycles. The third-order valence-corrected chi connectivity index (χ3v) is 3.72. The van der Waals surface area contributed by atoms with Crippen LogP contribution in [0, 0.1) is 19.7 Å².